The van der Waals surface area contributed by atoms with E-state index in [1.807, 2.05) is 7.05 Å². The highest BCUT2D eigenvalue weighted by atomic mass is 35.5. The maximum atomic E-state index is 13.3. The van der Waals surface area contributed by atoms with Gasteiger partial charge in [0.15, 0.2) is 0 Å². The van der Waals surface area contributed by atoms with Gasteiger partial charge in [-0.2, -0.15) is 0 Å². The third kappa shape index (κ3) is 2.85. The van der Waals surface area contributed by atoms with Gasteiger partial charge in [-0.25, -0.2) is 4.39 Å². The molecule has 2 rings (SSSR count). The van der Waals surface area contributed by atoms with E-state index >= 15 is 0 Å². The van der Waals surface area contributed by atoms with Crippen LogP contribution in [-0.2, 0) is 11.2 Å². The SMILES string of the molecule is CNC(Cc1cc(F)ccc1Cl)C1(C)CCCO1. The minimum atomic E-state index is -0.248. The van der Waals surface area contributed by atoms with Crippen LogP contribution in [0, 0.1) is 5.82 Å². The summed E-state index contributed by atoms with van der Waals surface area (Å²) in [6.45, 7) is 2.90. The highest BCUT2D eigenvalue weighted by Gasteiger charge is 2.37. The Morgan fingerprint density at radius 3 is 2.94 bits per heavy atom. The third-order valence-electron chi connectivity index (χ3n) is 3.77. The highest BCUT2D eigenvalue weighted by molar-refractivity contribution is 6.31. The summed E-state index contributed by atoms with van der Waals surface area (Å²) in [5.74, 6) is -0.248. The van der Waals surface area contributed by atoms with Gasteiger partial charge >= 0.3 is 0 Å². The van der Waals surface area contributed by atoms with Gasteiger partial charge < -0.3 is 10.1 Å². The van der Waals surface area contributed by atoms with Crippen molar-refractivity contribution >= 4 is 11.6 Å². The molecule has 1 saturated heterocycles. The van der Waals surface area contributed by atoms with Crippen LogP contribution in [0.4, 0.5) is 4.39 Å². The van der Waals surface area contributed by atoms with Crippen LogP contribution in [0.25, 0.3) is 0 Å². The smallest absolute Gasteiger partial charge is 0.123 e. The van der Waals surface area contributed by atoms with Gasteiger partial charge in [0.1, 0.15) is 5.82 Å². The van der Waals surface area contributed by atoms with E-state index in [-0.39, 0.29) is 17.5 Å². The van der Waals surface area contributed by atoms with Crippen molar-refractivity contribution < 1.29 is 9.13 Å². The van der Waals surface area contributed by atoms with Gasteiger partial charge in [0.2, 0.25) is 0 Å². The minimum Gasteiger partial charge on any atom is -0.374 e. The molecule has 18 heavy (non-hydrogen) atoms. The van der Waals surface area contributed by atoms with Crippen LogP contribution < -0.4 is 5.32 Å². The van der Waals surface area contributed by atoms with Gasteiger partial charge in [-0.1, -0.05) is 11.6 Å². The van der Waals surface area contributed by atoms with Crippen LogP contribution in [0.5, 0.6) is 0 Å². The van der Waals surface area contributed by atoms with Crippen molar-refractivity contribution in [1.29, 1.82) is 0 Å². The van der Waals surface area contributed by atoms with Crippen LogP contribution in [0.2, 0.25) is 5.02 Å². The van der Waals surface area contributed by atoms with Crippen molar-refractivity contribution in [3.05, 3.63) is 34.6 Å². The lowest BCUT2D eigenvalue weighted by Crippen LogP contribution is -2.48. The molecule has 2 nitrogen and oxygen atoms in total. The molecule has 1 aromatic carbocycles. The number of hydrogen-bond donors (Lipinski definition) is 1. The lowest BCUT2D eigenvalue weighted by atomic mass is 9.88. The second-order valence-electron chi connectivity index (χ2n) is 5.05. The van der Waals surface area contributed by atoms with Crippen LogP contribution in [-0.4, -0.2) is 25.3 Å². The molecular weight excluding hydrogens is 253 g/mol. The molecular formula is C14H19ClFNO. The summed E-state index contributed by atoms with van der Waals surface area (Å²) >= 11 is 6.11. The minimum absolute atomic E-state index is 0.138. The van der Waals surface area contributed by atoms with Crippen molar-refractivity contribution in [2.75, 3.05) is 13.7 Å². The molecule has 1 aliphatic rings. The van der Waals surface area contributed by atoms with E-state index in [0.29, 0.717) is 11.4 Å². The van der Waals surface area contributed by atoms with Crippen molar-refractivity contribution in [1.82, 2.24) is 5.32 Å². The lowest BCUT2D eigenvalue weighted by Gasteiger charge is -2.33. The summed E-state index contributed by atoms with van der Waals surface area (Å²) in [4.78, 5) is 0. The molecule has 1 fully saturated rings. The first-order valence-electron chi connectivity index (χ1n) is 6.30. The molecule has 0 amide bonds. The number of hydrogen-bond acceptors (Lipinski definition) is 2. The first kappa shape index (κ1) is 13.8. The number of ether oxygens (including phenoxy) is 1. The molecule has 0 aliphatic carbocycles. The molecule has 1 aromatic rings. The van der Waals surface area contributed by atoms with E-state index in [1.54, 1.807) is 6.07 Å². The van der Waals surface area contributed by atoms with E-state index in [2.05, 4.69) is 12.2 Å². The summed E-state index contributed by atoms with van der Waals surface area (Å²) in [6, 6.07) is 4.63. The van der Waals surface area contributed by atoms with Crippen molar-refractivity contribution in [2.45, 2.75) is 37.8 Å². The normalized spacial score (nSPS) is 25.3. The summed E-state index contributed by atoms with van der Waals surface area (Å²) in [5, 5.41) is 3.88. The second-order valence-corrected chi connectivity index (χ2v) is 5.45. The van der Waals surface area contributed by atoms with Crippen LogP contribution in [0.15, 0.2) is 18.2 Å². The lowest BCUT2D eigenvalue weighted by molar-refractivity contribution is -0.00944. The van der Waals surface area contributed by atoms with Gasteiger partial charge in [-0.3, -0.25) is 0 Å². The molecule has 0 spiro atoms. The zero-order valence-corrected chi connectivity index (χ0v) is 11.6. The Balaban J connectivity index is 2.17. The quantitative estimate of drug-likeness (QED) is 0.908. The molecule has 1 heterocycles. The van der Waals surface area contributed by atoms with E-state index in [0.717, 1.165) is 25.0 Å². The summed E-state index contributed by atoms with van der Waals surface area (Å²) in [5.41, 5.74) is 0.637. The van der Waals surface area contributed by atoms with Gasteiger partial charge in [0.25, 0.3) is 0 Å². The fourth-order valence-corrected chi connectivity index (χ4v) is 2.81. The largest absolute Gasteiger partial charge is 0.374 e. The van der Waals surface area contributed by atoms with Crippen LogP contribution in [0.3, 0.4) is 0 Å². The average Bonchev–Trinajstić information content (AvgIpc) is 2.78. The predicted molar refractivity (Wildman–Crippen MR) is 71.6 cm³/mol. The molecule has 0 radical (unpaired) electrons. The topological polar surface area (TPSA) is 21.3 Å². The Morgan fingerprint density at radius 1 is 1.56 bits per heavy atom. The van der Waals surface area contributed by atoms with E-state index in [4.69, 9.17) is 16.3 Å². The van der Waals surface area contributed by atoms with Crippen LogP contribution in [0.1, 0.15) is 25.3 Å². The monoisotopic (exact) mass is 271 g/mol. The molecule has 100 valence electrons. The van der Waals surface area contributed by atoms with Gasteiger partial charge in [0, 0.05) is 17.7 Å². The fourth-order valence-electron chi connectivity index (χ4n) is 2.62. The molecule has 4 heteroatoms. The van der Waals surface area contributed by atoms with Gasteiger partial charge in [0.05, 0.1) is 5.60 Å². The fraction of sp³-hybridized carbons (Fsp3) is 0.571. The zero-order valence-electron chi connectivity index (χ0n) is 10.8. The maximum absolute atomic E-state index is 13.3. The van der Waals surface area contributed by atoms with Crippen molar-refractivity contribution in [2.24, 2.45) is 0 Å². The average molecular weight is 272 g/mol. The second kappa shape index (κ2) is 5.55. The summed E-state index contributed by atoms with van der Waals surface area (Å²) < 4.78 is 19.1. The molecule has 1 N–H and O–H groups in total. The standard InChI is InChI=1S/C14H19ClFNO/c1-14(6-3-7-18-14)13(17-2)9-10-8-11(16)4-5-12(10)15/h4-5,8,13,17H,3,6-7,9H2,1-2H3. The Morgan fingerprint density at radius 2 is 2.33 bits per heavy atom. The van der Waals surface area contributed by atoms with Gasteiger partial charge in [-0.05, 0) is 57.0 Å². The molecule has 0 bridgehead atoms. The number of likely N-dealkylation sites (N-methyl/N-ethyl adjacent to an activating group) is 1. The summed E-state index contributed by atoms with van der Waals surface area (Å²) in [7, 11) is 1.91. The van der Waals surface area contributed by atoms with Crippen molar-refractivity contribution in [3.63, 3.8) is 0 Å². The van der Waals surface area contributed by atoms with Crippen molar-refractivity contribution in [3.8, 4) is 0 Å². The number of benzene rings is 1. The Labute approximate surface area is 112 Å². The van der Waals surface area contributed by atoms with Crippen LogP contribution >= 0.6 is 11.6 Å². The van der Waals surface area contributed by atoms with E-state index < -0.39 is 0 Å². The predicted octanol–water partition coefficient (Wildman–Crippen LogP) is 3.18. The summed E-state index contributed by atoms with van der Waals surface area (Å²) in [6.07, 6.45) is 2.76. The Bertz CT molecular complexity index is 418. The van der Waals surface area contributed by atoms with E-state index in [9.17, 15) is 4.39 Å². The zero-order chi connectivity index (χ0) is 13.2. The molecule has 1 aliphatic heterocycles. The molecule has 0 saturated carbocycles. The number of halogens is 2. The highest BCUT2D eigenvalue weighted by Crippen LogP contribution is 2.31. The third-order valence-corrected chi connectivity index (χ3v) is 4.14. The van der Waals surface area contributed by atoms with E-state index in [1.165, 1.54) is 12.1 Å². The molecule has 2 atom stereocenters. The molecule has 0 aromatic heterocycles. The first-order chi connectivity index (χ1) is 8.55. The Hall–Kier alpha value is -0.640. The van der Waals surface area contributed by atoms with Gasteiger partial charge in [-0.15, -0.1) is 0 Å². The maximum Gasteiger partial charge on any atom is 0.123 e. The molecule has 2 unspecified atom stereocenters. The Kier molecular flexibility index (Phi) is 4.25. The first-order valence-corrected chi connectivity index (χ1v) is 6.68. The number of nitrogens with one attached hydrogen (secondary N) is 1. The number of rotatable bonds is 4.